The Morgan fingerprint density at radius 3 is 2.24 bits per heavy atom. The Labute approximate surface area is 107 Å². The SMILES string of the molecule is CC(C)C(CCCN(C)C)Cc1ccccc1. The van der Waals surface area contributed by atoms with Crippen molar-refractivity contribution in [1.82, 2.24) is 4.90 Å². The zero-order chi connectivity index (χ0) is 12.7. The molecule has 0 fully saturated rings. The summed E-state index contributed by atoms with van der Waals surface area (Å²) >= 11 is 0. The third-order valence-electron chi connectivity index (χ3n) is 3.46. The first-order chi connectivity index (χ1) is 8.09. The van der Waals surface area contributed by atoms with E-state index < -0.39 is 0 Å². The minimum Gasteiger partial charge on any atom is -0.309 e. The Balaban J connectivity index is 2.44. The van der Waals surface area contributed by atoms with Crippen molar-refractivity contribution in [1.29, 1.82) is 0 Å². The molecule has 0 aromatic heterocycles. The fraction of sp³-hybridized carbons (Fsp3) is 0.625. The first-order valence-electron chi connectivity index (χ1n) is 6.78. The predicted octanol–water partition coefficient (Wildman–Crippen LogP) is 3.84. The van der Waals surface area contributed by atoms with Gasteiger partial charge in [0.15, 0.2) is 0 Å². The molecule has 96 valence electrons. The quantitative estimate of drug-likeness (QED) is 0.691. The van der Waals surface area contributed by atoms with Crippen LogP contribution in [-0.2, 0) is 6.42 Å². The van der Waals surface area contributed by atoms with Crippen LogP contribution in [0.25, 0.3) is 0 Å². The molecule has 0 aliphatic rings. The van der Waals surface area contributed by atoms with Crippen molar-refractivity contribution >= 4 is 0 Å². The maximum absolute atomic E-state index is 2.35. The molecule has 0 saturated carbocycles. The monoisotopic (exact) mass is 233 g/mol. The van der Waals surface area contributed by atoms with E-state index in [1.807, 2.05) is 0 Å². The van der Waals surface area contributed by atoms with Gasteiger partial charge < -0.3 is 4.90 Å². The molecular formula is C16H27N. The zero-order valence-corrected chi connectivity index (χ0v) is 11.8. The summed E-state index contributed by atoms with van der Waals surface area (Å²) in [5, 5.41) is 0. The fourth-order valence-electron chi connectivity index (χ4n) is 2.26. The molecular weight excluding hydrogens is 206 g/mol. The number of benzene rings is 1. The molecule has 1 aromatic rings. The average molecular weight is 233 g/mol. The number of hydrogen-bond acceptors (Lipinski definition) is 1. The van der Waals surface area contributed by atoms with Crippen LogP contribution in [0.2, 0.25) is 0 Å². The molecule has 0 bridgehead atoms. The minimum absolute atomic E-state index is 0.775. The normalized spacial score (nSPS) is 13.3. The molecule has 1 nitrogen and oxygen atoms in total. The van der Waals surface area contributed by atoms with E-state index in [1.165, 1.54) is 31.4 Å². The van der Waals surface area contributed by atoms with E-state index >= 15 is 0 Å². The Kier molecular flexibility index (Phi) is 6.28. The van der Waals surface area contributed by atoms with E-state index in [0.29, 0.717) is 0 Å². The van der Waals surface area contributed by atoms with Gasteiger partial charge in [0.05, 0.1) is 0 Å². The van der Waals surface area contributed by atoms with Gasteiger partial charge in [-0.2, -0.15) is 0 Å². The molecule has 0 radical (unpaired) electrons. The van der Waals surface area contributed by atoms with Crippen molar-refractivity contribution in [2.75, 3.05) is 20.6 Å². The van der Waals surface area contributed by atoms with Crippen LogP contribution >= 0.6 is 0 Å². The van der Waals surface area contributed by atoms with Gasteiger partial charge in [0, 0.05) is 0 Å². The van der Waals surface area contributed by atoms with E-state index in [-0.39, 0.29) is 0 Å². The molecule has 17 heavy (non-hydrogen) atoms. The molecule has 0 spiro atoms. The van der Waals surface area contributed by atoms with Crippen LogP contribution in [0.4, 0.5) is 0 Å². The first kappa shape index (κ1) is 14.2. The van der Waals surface area contributed by atoms with Crippen LogP contribution in [0.5, 0.6) is 0 Å². The van der Waals surface area contributed by atoms with E-state index in [2.05, 4.69) is 63.2 Å². The number of rotatable bonds is 7. The van der Waals surface area contributed by atoms with Gasteiger partial charge in [-0.15, -0.1) is 0 Å². The molecule has 1 heteroatoms. The second-order valence-corrected chi connectivity index (χ2v) is 5.64. The summed E-state index contributed by atoms with van der Waals surface area (Å²) in [4.78, 5) is 2.28. The molecule has 0 N–H and O–H groups in total. The Morgan fingerprint density at radius 1 is 1.06 bits per heavy atom. The molecule has 0 amide bonds. The summed E-state index contributed by atoms with van der Waals surface area (Å²) in [6.07, 6.45) is 3.87. The second kappa shape index (κ2) is 7.50. The highest BCUT2D eigenvalue weighted by Crippen LogP contribution is 2.22. The molecule has 0 heterocycles. The summed E-state index contributed by atoms with van der Waals surface area (Å²) in [6.45, 7) is 5.91. The fourth-order valence-corrected chi connectivity index (χ4v) is 2.26. The average Bonchev–Trinajstić information content (AvgIpc) is 2.28. The van der Waals surface area contributed by atoms with E-state index in [0.717, 1.165) is 11.8 Å². The Morgan fingerprint density at radius 2 is 1.71 bits per heavy atom. The van der Waals surface area contributed by atoms with E-state index in [1.54, 1.807) is 0 Å². The van der Waals surface area contributed by atoms with Crippen LogP contribution in [0, 0.1) is 11.8 Å². The molecule has 1 atom stereocenters. The van der Waals surface area contributed by atoms with Gasteiger partial charge in [-0.3, -0.25) is 0 Å². The van der Waals surface area contributed by atoms with Crippen LogP contribution in [0.1, 0.15) is 32.3 Å². The van der Waals surface area contributed by atoms with Gasteiger partial charge >= 0.3 is 0 Å². The summed E-state index contributed by atoms with van der Waals surface area (Å²) in [7, 11) is 4.31. The zero-order valence-electron chi connectivity index (χ0n) is 11.8. The van der Waals surface area contributed by atoms with Gasteiger partial charge in [0.1, 0.15) is 0 Å². The lowest BCUT2D eigenvalue weighted by molar-refractivity contribution is 0.315. The number of hydrogen-bond donors (Lipinski definition) is 0. The highest BCUT2D eigenvalue weighted by molar-refractivity contribution is 5.15. The van der Waals surface area contributed by atoms with Crippen molar-refractivity contribution in [3.63, 3.8) is 0 Å². The second-order valence-electron chi connectivity index (χ2n) is 5.64. The molecule has 0 aliphatic carbocycles. The van der Waals surface area contributed by atoms with Gasteiger partial charge in [-0.1, -0.05) is 44.2 Å². The maximum atomic E-state index is 2.35. The predicted molar refractivity (Wildman–Crippen MR) is 76.3 cm³/mol. The molecule has 1 unspecified atom stereocenters. The van der Waals surface area contributed by atoms with Crippen LogP contribution in [-0.4, -0.2) is 25.5 Å². The van der Waals surface area contributed by atoms with Gasteiger partial charge in [0.25, 0.3) is 0 Å². The minimum atomic E-state index is 0.775. The summed E-state index contributed by atoms with van der Waals surface area (Å²) in [5.41, 5.74) is 1.48. The lowest BCUT2D eigenvalue weighted by atomic mass is 9.85. The van der Waals surface area contributed by atoms with E-state index in [4.69, 9.17) is 0 Å². The first-order valence-corrected chi connectivity index (χ1v) is 6.78. The van der Waals surface area contributed by atoms with Crippen molar-refractivity contribution < 1.29 is 0 Å². The van der Waals surface area contributed by atoms with Crippen molar-refractivity contribution in [3.05, 3.63) is 35.9 Å². The third kappa shape index (κ3) is 5.88. The Bertz CT molecular complexity index is 290. The molecule has 1 aromatic carbocycles. The number of nitrogens with zero attached hydrogens (tertiary/aromatic N) is 1. The summed E-state index contributed by atoms with van der Waals surface area (Å²) in [6, 6.07) is 10.9. The Hall–Kier alpha value is -0.820. The summed E-state index contributed by atoms with van der Waals surface area (Å²) in [5.74, 6) is 1.59. The van der Waals surface area contributed by atoms with Crippen LogP contribution in [0.3, 0.4) is 0 Å². The largest absolute Gasteiger partial charge is 0.309 e. The van der Waals surface area contributed by atoms with Gasteiger partial charge in [0.2, 0.25) is 0 Å². The van der Waals surface area contributed by atoms with Crippen LogP contribution < -0.4 is 0 Å². The molecule has 0 saturated heterocycles. The summed E-state index contributed by atoms with van der Waals surface area (Å²) < 4.78 is 0. The van der Waals surface area contributed by atoms with Crippen LogP contribution in [0.15, 0.2) is 30.3 Å². The highest BCUT2D eigenvalue weighted by atomic mass is 15.0. The molecule has 0 aliphatic heterocycles. The van der Waals surface area contributed by atoms with Gasteiger partial charge in [-0.25, -0.2) is 0 Å². The topological polar surface area (TPSA) is 3.24 Å². The standard InChI is InChI=1S/C16H27N/c1-14(2)16(11-8-12-17(3)4)13-15-9-6-5-7-10-15/h5-7,9-10,14,16H,8,11-13H2,1-4H3. The highest BCUT2D eigenvalue weighted by Gasteiger charge is 2.13. The van der Waals surface area contributed by atoms with Crippen molar-refractivity contribution in [2.24, 2.45) is 11.8 Å². The smallest absolute Gasteiger partial charge is 0.00247 e. The lowest BCUT2D eigenvalue weighted by Crippen LogP contribution is -2.17. The third-order valence-corrected chi connectivity index (χ3v) is 3.46. The van der Waals surface area contributed by atoms with Crippen molar-refractivity contribution in [2.45, 2.75) is 33.1 Å². The van der Waals surface area contributed by atoms with Gasteiger partial charge in [-0.05, 0) is 57.3 Å². The lowest BCUT2D eigenvalue weighted by Gasteiger charge is -2.22. The molecule has 1 rings (SSSR count). The maximum Gasteiger partial charge on any atom is -0.00247 e. The van der Waals surface area contributed by atoms with E-state index in [9.17, 15) is 0 Å². The van der Waals surface area contributed by atoms with Crippen molar-refractivity contribution in [3.8, 4) is 0 Å².